The van der Waals surface area contributed by atoms with E-state index < -0.39 is 11.6 Å². The molecule has 1 saturated carbocycles. The quantitative estimate of drug-likeness (QED) is 0.851. The lowest BCUT2D eigenvalue weighted by atomic mass is 9.77. The van der Waals surface area contributed by atoms with Crippen LogP contribution in [0, 0.1) is 6.92 Å². The number of carbonyl (C=O) groups is 1. The van der Waals surface area contributed by atoms with Gasteiger partial charge in [0, 0.05) is 0 Å². The molecule has 19 heavy (non-hydrogen) atoms. The van der Waals surface area contributed by atoms with Crippen molar-refractivity contribution < 1.29 is 14.6 Å². The van der Waals surface area contributed by atoms with Gasteiger partial charge in [0.15, 0.2) is 6.10 Å². The molecule has 0 aromatic heterocycles. The van der Waals surface area contributed by atoms with Crippen LogP contribution >= 0.6 is 0 Å². The number of aryl methyl sites for hydroxylation is 1. The average molecular weight is 263 g/mol. The van der Waals surface area contributed by atoms with Crippen molar-refractivity contribution in [1.82, 2.24) is 5.32 Å². The summed E-state index contributed by atoms with van der Waals surface area (Å²) in [6, 6.07) is 7.61. The summed E-state index contributed by atoms with van der Waals surface area (Å²) < 4.78 is 5.62. The molecule has 0 saturated heterocycles. The highest BCUT2D eigenvalue weighted by molar-refractivity contribution is 5.81. The van der Waals surface area contributed by atoms with Crippen molar-refractivity contribution in [3.05, 3.63) is 29.8 Å². The summed E-state index contributed by atoms with van der Waals surface area (Å²) in [5.74, 6) is 0.518. The van der Waals surface area contributed by atoms with Gasteiger partial charge in [-0.05, 0) is 50.8 Å². The van der Waals surface area contributed by atoms with E-state index in [0.29, 0.717) is 5.75 Å². The van der Waals surface area contributed by atoms with E-state index in [9.17, 15) is 9.90 Å². The van der Waals surface area contributed by atoms with Crippen molar-refractivity contribution in [2.45, 2.75) is 44.8 Å². The molecule has 0 bridgehead atoms. The number of aliphatic hydroxyl groups excluding tert-OH is 1. The lowest BCUT2D eigenvalue weighted by Crippen LogP contribution is -2.58. The van der Waals surface area contributed by atoms with Crippen LogP contribution in [0.3, 0.4) is 0 Å². The monoisotopic (exact) mass is 263 g/mol. The number of amides is 1. The Morgan fingerprint density at radius 3 is 2.79 bits per heavy atom. The highest BCUT2D eigenvalue weighted by atomic mass is 16.5. The van der Waals surface area contributed by atoms with Crippen LogP contribution in [0.15, 0.2) is 24.3 Å². The topological polar surface area (TPSA) is 58.6 Å². The Morgan fingerprint density at radius 1 is 1.53 bits per heavy atom. The van der Waals surface area contributed by atoms with Crippen molar-refractivity contribution in [1.29, 1.82) is 0 Å². The first kappa shape index (κ1) is 13.9. The van der Waals surface area contributed by atoms with Gasteiger partial charge in [0.1, 0.15) is 5.75 Å². The number of hydrogen-bond donors (Lipinski definition) is 2. The van der Waals surface area contributed by atoms with Gasteiger partial charge in [-0.25, -0.2) is 0 Å². The molecule has 104 valence electrons. The fourth-order valence-corrected chi connectivity index (χ4v) is 2.24. The summed E-state index contributed by atoms with van der Waals surface area (Å²) in [6.07, 6.45) is 2.16. The third-order valence-electron chi connectivity index (χ3n) is 3.67. The second kappa shape index (κ2) is 5.61. The lowest BCUT2D eigenvalue weighted by molar-refractivity contribution is -0.131. The van der Waals surface area contributed by atoms with E-state index in [1.165, 1.54) is 0 Å². The van der Waals surface area contributed by atoms with Crippen molar-refractivity contribution in [3.8, 4) is 5.75 Å². The standard InChI is InChI=1S/C15H21NO3/c1-11-5-3-6-13(9-11)19-12(2)14(18)16-15(10-17)7-4-8-15/h3,5-6,9,12,17H,4,7-8,10H2,1-2H3,(H,16,18). The summed E-state index contributed by atoms with van der Waals surface area (Å²) in [7, 11) is 0. The largest absolute Gasteiger partial charge is 0.481 e. The minimum Gasteiger partial charge on any atom is -0.481 e. The molecular weight excluding hydrogens is 242 g/mol. The maximum atomic E-state index is 12.1. The molecule has 1 aliphatic rings. The highest BCUT2D eigenvalue weighted by Crippen LogP contribution is 2.31. The van der Waals surface area contributed by atoms with Gasteiger partial charge in [0.25, 0.3) is 5.91 Å². The van der Waals surface area contributed by atoms with Crippen molar-refractivity contribution in [2.24, 2.45) is 0 Å². The van der Waals surface area contributed by atoms with Gasteiger partial charge in [-0.2, -0.15) is 0 Å². The van der Waals surface area contributed by atoms with Gasteiger partial charge in [-0.15, -0.1) is 0 Å². The molecule has 1 aromatic rings. The normalized spacial score (nSPS) is 18.3. The molecule has 1 amide bonds. The molecule has 0 aliphatic heterocycles. The fraction of sp³-hybridized carbons (Fsp3) is 0.533. The molecule has 2 rings (SSSR count). The lowest BCUT2D eigenvalue weighted by Gasteiger charge is -2.41. The van der Waals surface area contributed by atoms with Crippen LogP contribution in [0.5, 0.6) is 5.75 Å². The van der Waals surface area contributed by atoms with Crippen LogP contribution in [0.2, 0.25) is 0 Å². The Kier molecular flexibility index (Phi) is 4.10. The van der Waals surface area contributed by atoms with Crippen LogP contribution < -0.4 is 10.1 Å². The molecular formula is C15H21NO3. The molecule has 1 aliphatic carbocycles. The van der Waals surface area contributed by atoms with Gasteiger partial charge in [0.05, 0.1) is 12.1 Å². The average Bonchev–Trinajstić information content (AvgIpc) is 2.33. The van der Waals surface area contributed by atoms with E-state index in [2.05, 4.69) is 5.32 Å². The van der Waals surface area contributed by atoms with E-state index in [0.717, 1.165) is 24.8 Å². The second-order valence-corrected chi connectivity index (χ2v) is 5.36. The van der Waals surface area contributed by atoms with E-state index in [-0.39, 0.29) is 12.5 Å². The van der Waals surface area contributed by atoms with Crippen molar-refractivity contribution in [3.63, 3.8) is 0 Å². The molecule has 0 heterocycles. The van der Waals surface area contributed by atoms with Gasteiger partial charge >= 0.3 is 0 Å². The summed E-state index contributed by atoms with van der Waals surface area (Å²) in [6.45, 7) is 3.70. The molecule has 1 aromatic carbocycles. The smallest absolute Gasteiger partial charge is 0.261 e. The maximum Gasteiger partial charge on any atom is 0.261 e. The van der Waals surface area contributed by atoms with Crippen molar-refractivity contribution in [2.75, 3.05) is 6.61 Å². The Balaban J connectivity index is 1.92. The van der Waals surface area contributed by atoms with Crippen LogP contribution in [0.1, 0.15) is 31.7 Å². The summed E-state index contributed by atoms with van der Waals surface area (Å²) in [5, 5.41) is 12.2. The van der Waals surface area contributed by atoms with Crippen LogP contribution in [-0.4, -0.2) is 29.3 Å². The first-order valence-corrected chi connectivity index (χ1v) is 6.71. The Hall–Kier alpha value is -1.55. The number of aliphatic hydroxyl groups is 1. The molecule has 1 fully saturated rings. The van der Waals surface area contributed by atoms with Gasteiger partial charge in [0.2, 0.25) is 0 Å². The molecule has 4 nitrogen and oxygen atoms in total. The Bertz CT molecular complexity index is 449. The highest BCUT2D eigenvalue weighted by Gasteiger charge is 2.38. The van der Waals surface area contributed by atoms with Gasteiger partial charge < -0.3 is 15.2 Å². The molecule has 2 N–H and O–H groups in total. The molecule has 0 spiro atoms. The summed E-state index contributed by atoms with van der Waals surface area (Å²) >= 11 is 0. The molecule has 4 heteroatoms. The zero-order valence-electron chi connectivity index (χ0n) is 11.5. The number of rotatable bonds is 5. The third-order valence-corrected chi connectivity index (χ3v) is 3.67. The zero-order chi connectivity index (χ0) is 13.9. The van der Waals surface area contributed by atoms with Crippen LogP contribution in [0.4, 0.5) is 0 Å². The van der Waals surface area contributed by atoms with E-state index >= 15 is 0 Å². The van der Waals surface area contributed by atoms with Crippen molar-refractivity contribution >= 4 is 5.91 Å². The van der Waals surface area contributed by atoms with Gasteiger partial charge in [-0.3, -0.25) is 4.79 Å². The summed E-state index contributed by atoms with van der Waals surface area (Å²) in [5.41, 5.74) is 0.678. The molecule has 1 atom stereocenters. The number of nitrogens with one attached hydrogen (secondary N) is 1. The number of benzene rings is 1. The Morgan fingerprint density at radius 2 is 2.26 bits per heavy atom. The van der Waals surface area contributed by atoms with E-state index in [1.54, 1.807) is 6.92 Å². The summed E-state index contributed by atoms with van der Waals surface area (Å²) in [4.78, 5) is 12.1. The van der Waals surface area contributed by atoms with Crippen LogP contribution in [0.25, 0.3) is 0 Å². The second-order valence-electron chi connectivity index (χ2n) is 5.36. The first-order valence-electron chi connectivity index (χ1n) is 6.71. The first-order chi connectivity index (χ1) is 9.04. The van der Waals surface area contributed by atoms with Crippen LogP contribution in [-0.2, 0) is 4.79 Å². The number of carbonyl (C=O) groups excluding carboxylic acids is 1. The molecule has 0 radical (unpaired) electrons. The predicted octanol–water partition coefficient (Wildman–Crippen LogP) is 1.79. The van der Waals surface area contributed by atoms with E-state index in [1.807, 2.05) is 31.2 Å². The minimum atomic E-state index is -0.564. The predicted molar refractivity (Wildman–Crippen MR) is 73.1 cm³/mol. The zero-order valence-corrected chi connectivity index (χ0v) is 11.5. The minimum absolute atomic E-state index is 0.00406. The number of hydrogen-bond acceptors (Lipinski definition) is 3. The Labute approximate surface area is 113 Å². The van der Waals surface area contributed by atoms with Gasteiger partial charge in [-0.1, -0.05) is 12.1 Å². The molecule has 1 unspecified atom stereocenters. The maximum absolute atomic E-state index is 12.1. The third kappa shape index (κ3) is 3.26. The van der Waals surface area contributed by atoms with E-state index in [4.69, 9.17) is 4.74 Å². The number of ether oxygens (including phenoxy) is 1. The SMILES string of the molecule is Cc1cccc(OC(C)C(=O)NC2(CO)CCC2)c1. The fourth-order valence-electron chi connectivity index (χ4n) is 2.24.